The van der Waals surface area contributed by atoms with Crippen molar-refractivity contribution in [2.75, 3.05) is 24.2 Å². The van der Waals surface area contributed by atoms with E-state index in [-0.39, 0.29) is 36.3 Å². The predicted octanol–water partition coefficient (Wildman–Crippen LogP) is 1.12. The SMILES string of the molecule is CCCCn1c(N)c(N(C)CC(=O)NCc2ccc(C)c(F)c2)c(=O)[nH]c1=O. The number of rotatable bonds is 8. The van der Waals surface area contributed by atoms with Gasteiger partial charge in [-0.3, -0.25) is 19.1 Å². The van der Waals surface area contributed by atoms with Crippen LogP contribution in [0.4, 0.5) is 15.9 Å². The van der Waals surface area contributed by atoms with E-state index in [0.717, 1.165) is 12.8 Å². The number of nitrogen functional groups attached to an aromatic ring is 1. The van der Waals surface area contributed by atoms with Crippen molar-refractivity contribution in [2.24, 2.45) is 0 Å². The van der Waals surface area contributed by atoms with E-state index < -0.39 is 11.2 Å². The molecule has 2 rings (SSSR count). The van der Waals surface area contributed by atoms with Crippen LogP contribution in [0.2, 0.25) is 0 Å². The first kappa shape index (κ1) is 21.2. The summed E-state index contributed by atoms with van der Waals surface area (Å²) in [5.41, 5.74) is 6.03. The Bertz CT molecular complexity index is 967. The lowest BCUT2D eigenvalue weighted by molar-refractivity contribution is -0.119. The highest BCUT2D eigenvalue weighted by Gasteiger charge is 2.18. The fraction of sp³-hybridized carbons (Fsp3) is 0.421. The van der Waals surface area contributed by atoms with Crippen LogP contribution in [0.1, 0.15) is 30.9 Å². The van der Waals surface area contributed by atoms with Crippen LogP contribution in [-0.4, -0.2) is 29.1 Å². The van der Waals surface area contributed by atoms with Gasteiger partial charge >= 0.3 is 5.69 Å². The number of nitrogens with one attached hydrogen (secondary N) is 2. The second-order valence-corrected chi connectivity index (χ2v) is 6.71. The van der Waals surface area contributed by atoms with Crippen LogP contribution >= 0.6 is 0 Å². The van der Waals surface area contributed by atoms with Gasteiger partial charge in [0.1, 0.15) is 17.3 Å². The van der Waals surface area contributed by atoms with Crippen LogP contribution in [-0.2, 0) is 17.9 Å². The van der Waals surface area contributed by atoms with E-state index >= 15 is 0 Å². The number of aryl methyl sites for hydroxylation is 1. The van der Waals surface area contributed by atoms with E-state index in [1.807, 2.05) is 6.92 Å². The van der Waals surface area contributed by atoms with Gasteiger partial charge in [-0.15, -0.1) is 0 Å². The van der Waals surface area contributed by atoms with Crippen molar-refractivity contribution in [2.45, 2.75) is 39.8 Å². The van der Waals surface area contributed by atoms with Gasteiger partial charge in [0.2, 0.25) is 5.91 Å². The fourth-order valence-electron chi connectivity index (χ4n) is 2.78. The average molecular weight is 391 g/mol. The highest BCUT2D eigenvalue weighted by atomic mass is 19.1. The molecule has 0 saturated carbocycles. The van der Waals surface area contributed by atoms with Crippen molar-refractivity contribution in [3.8, 4) is 0 Å². The molecule has 8 nitrogen and oxygen atoms in total. The molecular formula is C19H26FN5O3. The van der Waals surface area contributed by atoms with Gasteiger partial charge in [0, 0.05) is 20.1 Å². The number of amides is 1. The summed E-state index contributed by atoms with van der Waals surface area (Å²) >= 11 is 0. The summed E-state index contributed by atoms with van der Waals surface area (Å²) < 4.78 is 14.9. The molecule has 152 valence electrons. The summed E-state index contributed by atoms with van der Waals surface area (Å²) in [7, 11) is 1.54. The molecule has 0 aliphatic heterocycles. The largest absolute Gasteiger partial charge is 0.383 e. The number of hydrogen-bond donors (Lipinski definition) is 3. The Morgan fingerprint density at radius 2 is 2.07 bits per heavy atom. The third-order valence-corrected chi connectivity index (χ3v) is 4.44. The normalized spacial score (nSPS) is 10.7. The molecule has 4 N–H and O–H groups in total. The lowest BCUT2D eigenvalue weighted by atomic mass is 10.1. The first-order chi connectivity index (χ1) is 13.2. The molecule has 0 atom stereocenters. The number of nitrogens with zero attached hydrogens (tertiary/aromatic N) is 2. The molecule has 1 amide bonds. The molecule has 2 aromatic rings. The second kappa shape index (κ2) is 9.20. The molecule has 0 aliphatic carbocycles. The lowest BCUT2D eigenvalue weighted by Crippen LogP contribution is -2.41. The van der Waals surface area contributed by atoms with Crippen molar-refractivity contribution in [1.82, 2.24) is 14.9 Å². The number of halogens is 1. The molecule has 0 fully saturated rings. The van der Waals surface area contributed by atoms with Gasteiger partial charge < -0.3 is 16.0 Å². The monoisotopic (exact) mass is 391 g/mol. The topological polar surface area (TPSA) is 113 Å². The Morgan fingerprint density at radius 3 is 2.71 bits per heavy atom. The number of hydrogen-bond acceptors (Lipinski definition) is 5. The number of unbranched alkanes of at least 4 members (excludes halogenated alkanes) is 1. The maximum atomic E-state index is 13.6. The number of nitrogens with two attached hydrogens (primary N) is 1. The number of H-pyrrole nitrogens is 1. The third kappa shape index (κ3) is 4.99. The quantitative estimate of drug-likeness (QED) is 0.624. The average Bonchev–Trinajstić information content (AvgIpc) is 2.62. The summed E-state index contributed by atoms with van der Waals surface area (Å²) in [6, 6.07) is 4.74. The van der Waals surface area contributed by atoms with Crippen LogP contribution in [0.15, 0.2) is 27.8 Å². The molecule has 9 heteroatoms. The van der Waals surface area contributed by atoms with E-state index in [0.29, 0.717) is 17.7 Å². The van der Waals surface area contributed by atoms with Gasteiger partial charge in [-0.2, -0.15) is 0 Å². The lowest BCUT2D eigenvalue weighted by Gasteiger charge is -2.21. The molecule has 0 unspecified atom stereocenters. The highest BCUT2D eigenvalue weighted by molar-refractivity contribution is 5.82. The van der Waals surface area contributed by atoms with E-state index in [4.69, 9.17) is 5.73 Å². The van der Waals surface area contributed by atoms with Crippen molar-refractivity contribution in [3.63, 3.8) is 0 Å². The number of carbonyl (C=O) groups excluding carboxylic acids is 1. The van der Waals surface area contributed by atoms with Gasteiger partial charge in [-0.25, -0.2) is 9.18 Å². The van der Waals surface area contributed by atoms with E-state index in [1.165, 1.54) is 15.5 Å². The molecular weight excluding hydrogens is 365 g/mol. The summed E-state index contributed by atoms with van der Waals surface area (Å²) in [5, 5.41) is 2.68. The highest BCUT2D eigenvalue weighted by Crippen LogP contribution is 2.15. The molecule has 0 spiro atoms. The minimum Gasteiger partial charge on any atom is -0.383 e. The summed E-state index contributed by atoms with van der Waals surface area (Å²) in [6.45, 7) is 4.03. The zero-order valence-corrected chi connectivity index (χ0v) is 16.3. The standard InChI is InChI=1S/C19H26FN5O3/c1-4-5-8-25-17(21)16(18(27)23-19(25)28)24(3)11-15(26)22-10-13-7-6-12(2)14(20)9-13/h6-7,9H,4-5,8,10-11,21H2,1-3H3,(H,22,26)(H,23,27,28). The first-order valence-electron chi connectivity index (χ1n) is 9.10. The minimum atomic E-state index is -0.647. The van der Waals surface area contributed by atoms with Crippen LogP contribution in [0, 0.1) is 12.7 Å². The van der Waals surface area contributed by atoms with Gasteiger partial charge in [0.05, 0.1) is 6.54 Å². The third-order valence-electron chi connectivity index (χ3n) is 4.44. The van der Waals surface area contributed by atoms with E-state index in [2.05, 4.69) is 10.3 Å². The smallest absolute Gasteiger partial charge is 0.330 e. The minimum absolute atomic E-state index is 0.0260. The summed E-state index contributed by atoms with van der Waals surface area (Å²) in [4.78, 5) is 40.0. The summed E-state index contributed by atoms with van der Waals surface area (Å²) in [6.07, 6.45) is 1.59. The molecule has 1 aromatic carbocycles. The van der Waals surface area contributed by atoms with Gasteiger partial charge in [-0.05, 0) is 30.5 Å². The number of benzene rings is 1. The van der Waals surface area contributed by atoms with Gasteiger partial charge in [0.15, 0.2) is 0 Å². The Hall–Kier alpha value is -3.10. The molecule has 0 saturated heterocycles. The van der Waals surface area contributed by atoms with Crippen molar-refractivity contribution in [3.05, 3.63) is 56.0 Å². The Balaban J connectivity index is 2.10. The van der Waals surface area contributed by atoms with Crippen LogP contribution in [0.3, 0.4) is 0 Å². The Morgan fingerprint density at radius 1 is 1.36 bits per heavy atom. The van der Waals surface area contributed by atoms with Gasteiger partial charge in [-0.1, -0.05) is 25.5 Å². The molecule has 0 radical (unpaired) electrons. The number of aromatic nitrogens is 2. The molecule has 1 aromatic heterocycles. The number of anilines is 2. The Labute approximate surface area is 162 Å². The van der Waals surface area contributed by atoms with E-state index in [1.54, 1.807) is 26.1 Å². The number of likely N-dealkylation sites (N-methyl/N-ethyl adjacent to an activating group) is 1. The maximum absolute atomic E-state index is 13.6. The zero-order chi connectivity index (χ0) is 20.8. The van der Waals surface area contributed by atoms with E-state index in [9.17, 15) is 18.8 Å². The van der Waals surface area contributed by atoms with Crippen LogP contribution in [0.25, 0.3) is 0 Å². The van der Waals surface area contributed by atoms with Gasteiger partial charge in [0.25, 0.3) is 5.56 Å². The number of aromatic amines is 1. The number of carbonyl (C=O) groups is 1. The maximum Gasteiger partial charge on any atom is 0.330 e. The van der Waals surface area contributed by atoms with Crippen molar-refractivity contribution in [1.29, 1.82) is 0 Å². The zero-order valence-electron chi connectivity index (χ0n) is 16.3. The fourth-order valence-corrected chi connectivity index (χ4v) is 2.78. The molecule has 0 bridgehead atoms. The predicted molar refractivity (Wildman–Crippen MR) is 107 cm³/mol. The van der Waals surface area contributed by atoms with Crippen molar-refractivity contribution >= 4 is 17.4 Å². The second-order valence-electron chi connectivity index (χ2n) is 6.71. The molecule has 28 heavy (non-hydrogen) atoms. The first-order valence-corrected chi connectivity index (χ1v) is 9.10. The Kier molecular flexibility index (Phi) is 6.97. The molecule has 1 heterocycles. The molecule has 0 aliphatic rings. The van der Waals surface area contributed by atoms with Crippen LogP contribution < -0.4 is 27.2 Å². The summed E-state index contributed by atoms with van der Waals surface area (Å²) in [5.74, 6) is -0.677. The van der Waals surface area contributed by atoms with Crippen LogP contribution in [0.5, 0.6) is 0 Å². The van der Waals surface area contributed by atoms with Crippen molar-refractivity contribution < 1.29 is 9.18 Å².